The third kappa shape index (κ3) is 2.93. The zero-order chi connectivity index (χ0) is 11.4. The van der Waals surface area contributed by atoms with Crippen LogP contribution in [0.2, 0.25) is 0 Å². The molecule has 1 aromatic heterocycles. The number of nitrogens with two attached hydrogens (primary N) is 1. The maximum Gasteiger partial charge on any atom is 0.180 e. The highest BCUT2D eigenvalue weighted by molar-refractivity contribution is 7.15. The third-order valence-electron chi connectivity index (χ3n) is 3.14. The molecule has 2 rings (SSSR count). The quantitative estimate of drug-likeness (QED) is 0.838. The normalized spacial score (nSPS) is 22.4. The Bertz CT molecular complexity index is 327. The molecule has 1 aliphatic heterocycles. The van der Waals surface area contributed by atoms with Crippen molar-refractivity contribution in [2.45, 2.75) is 38.3 Å². The highest BCUT2D eigenvalue weighted by Crippen LogP contribution is 2.24. The Labute approximate surface area is 100 Å². The van der Waals surface area contributed by atoms with Gasteiger partial charge in [-0.1, -0.05) is 6.42 Å². The number of aromatic nitrogens is 1. The molecule has 5 heteroatoms. The first-order chi connectivity index (χ1) is 7.79. The molecule has 90 valence electrons. The van der Waals surface area contributed by atoms with Gasteiger partial charge in [-0.15, -0.1) is 11.3 Å². The van der Waals surface area contributed by atoms with Gasteiger partial charge in [-0.05, 0) is 25.8 Å². The molecule has 0 bridgehead atoms. The summed E-state index contributed by atoms with van der Waals surface area (Å²) in [7, 11) is 0. The van der Waals surface area contributed by atoms with Crippen molar-refractivity contribution < 1.29 is 5.11 Å². The number of aliphatic hydroxyl groups is 1. The van der Waals surface area contributed by atoms with Crippen LogP contribution in [-0.4, -0.2) is 34.2 Å². The van der Waals surface area contributed by atoms with E-state index in [0.29, 0.717) is 11.2 Å². The molecule has 0 saturated carbocycles. The number of anilines is 1. The van der Waals surface area contributed by atoms with E-state index >= 15 is 0 Å². The monoisotopic (exact) mass is 241 g/mol. The van der Waals surface area contributed by atoms with Gasteiger partial charge < -0.3 is 10.8 Å². The standard InChI is InChI=1S/C11H19N3OS/c12-11-13-7-10(16-11)8-14-5-2-1-3-9(14)4-6-15/h7,9,15H,1-6,8H2,(H2,12,13). The highest BCUT2D eigenvalue weighted by atomic mass is 32.1. The van der Waals surface area contributed by atoms with Crippen molar-refractivity contribution in [1.82, 2.24) is 9.88 Å². The second-order valence-corrected chi connectivity index (χ2v) is 5.44. The van der Waals surface area contributed by atoms with Crippen LogP contribution in [0.5, 0.6) is 0 Å². The van der Waals surface area contributed by atoms with Gasteiger partial charge in [0.15, 0.2) is 5.13 Å². The fourth-order valence-electron chi connectivity index (χ4n) is 2.34. The molecule has 1 unspecified atom stereocenters. The van der Waals surface area contributed by atoms with Crippen LogP contribution in [-0.2, 0) is 6.54 Å². The van der Waals surface area contributed by atoms with E-state index < -0.39 is 0 Å². The predicted molar refractivity (Wildman–Crippen MR) is 66.3 cm³/mol. The number of likely N-dealkylation sites (tertiary alicyclic amines) is 1. The summed E-state index contributed by atoms with van der Waals surface area (Å²) in [6.07, 6.45) is 6.50. The molecule has 4 nitrogen and oxygen atoms in total. The van der Waals surface area contributed by atoms with Crippen LogP contribution >= 0.6 is 11.3 Å². The molecule has 1 atom stereocenters. The SMILES string of the molecule is Nc1ncc(CN2CCCCC2CCO)s1. The lowest BCUT2D eigenvalue weighted by Gasteiger charge is -2.35. The molecular weight excluding hydrogens is 222 g/mol. The van der Waals surface area contributed by atoms with E-state index in [-0.39, 0.29) is 6.61 Å². The fourth-order valence-corrected chi connectivity index (χ4v) is 3.05. The van der Waals surface area contributed by atoms with Gasteiger partial charge in [0.2, 0.25) is 0 Å². The number of aliphatic hydroxyl groups excluding tert-OH is 1. The molecule has 1 saturated heterocycles. The molecule has 0 aliphatic carbocycles. The predicted octanol–water partition coefficient (Wildman–Crippen LogP) is 1.46. The molecule has 1 fully saturated rings. The number of rotatable bonds is 4. The summed E-state index contributed by atoms with van der Waals surface area (Å²) in [5, 5.41) is 9.69. The van der Waals surface area contributed by atoms with Gasteiger partial charge in [-0.2, -0.15) is 0 Å². The van der Waals surface area contributed by atoms with Gasteiger partial charge in [-0.3, -0.25) is 4.90 Å². The van der Waals surface area contributed by atoms with E-state index in [4.69, 9.17) is 10.8 Å². The van der Waals surface area contributed by atoms with Gasteiger partial charge in [0.1, 0.15) is 0 Å². The summed E-state index contributed by atoms with van der Waals surface area (Å²) in [6.45, 7) is 2.34. The summed E-state index contributed by atoms with van der Waals surface area (Å²) >= 11 is 1.56. The smallest absolute Gasteiger partial charge is 0.180 e. The van der Waals surface area contributed by atoms with Gasteiger partial charge >= 0.3 is 0 Å². The lowest BCUT2D eigenvalue weighted by molar-refractivity contribution is 0.113. The minimum absolute atomic E-state index is 0.284. The summed E-state index contributed by atoms with van der Waals surface area (Å²) < 4.78 is 0. The van der Waals surface area contributed by atoms with Crippen molar-refractivity contribution in [3.8, 4) is 0 Å². The maximum absolute atomic E-state index is 9.05. The van der Waals surface area contributed by atoms with Crippen LogP contribution < -0.4 is 5.73 Å². The number of nitrogen functional groups attached to an aromatic ring is 1. The zero-order valence-corrected chi connectivity index (χ0v) is 10.2. The molecule has 2 heterocycles. The first-order valence-corrected chi connectivity index (χ1v) is 6.66. The van der Waals surface area contributed by atoms with Crippen molar-refractivity contribution in [2.75, 3.05) is 18.9 Å². The van der Waals surface area contributed by atoms with Crippen LogP contribution in [0.15, 0.2) is 6.20 Å². The summed E-state index contributed by atoms with van der Waals surface area (Å²) in [4.78, 5) is 7.75. The Kier molecular flexibility index (Phi) is 4.15. The summed E-state index contributed by atoms with van der Waals surface area (Å²) in [6, 6.07) is 0.530. The van der Waals surface area contributed by atoms with Crippen LogP contribution in [0.3, 0.4) is 0 Å². The third-order valence-corrected chi connectivity index (χ3v) is 3.95. The largest absolute Gasteiger partial charge is 0.396 e. The number of thiazole rings is 1. The van der Waals surface area contributed by atoms with Crippen LogP contribution in [0.25, 0.3) is 0 Å². The second-order valence-electron chi connectivity index (χ2n) is 4.30. The molecule has 0 aromatic carbocycles. The zero-order valence-electron chi connectivity index (χ0n) is 9.43. The maximum atomic E-state index is 9.05. The molecule has 16 heavy (non-hydrogen) atoms. The summed E-state index contributed by atoms with van der Waals surface area (Å²) in [5.74, 6) is 0. The average molecular weight is 241 g/mol. The van der Waals surface area contributed by atoms with E-state index in [2.05, 4.69) is 9.88 Å². The van der Waals surface area contributed by atoms with Gasteiger partial charge in [-0.25, -0.2) is 4.98 Å². The molecule has 1 aromatic rings. The van der Waals surface area contributed by atoms with Gasteiger partial charge in [0.05, 0.1) is 0 Å². The molecule has 3 N–H and O–H groups in total. The number of hydrogen-bond donors (Lipinski definition) is 2. The van der Waals surface area contributed by atoms with E-state index in [9.17, 15) is 0 Å². The fraction of sp³-hybridized carbons (Fsp3) is 0.727. The topological polar surface area (TPSA) is 62.4 Å². The lowest BCUT2D eigenvalue weighted by atomic mass is 10.00. The van der Waals surface area contributed by atoms with Gasteiger partial charge in [0, 0.05) is 30.3 Å². The Morgan fingerprint density at radius 2 is 2.44 bits per heavy atom. The van der Waals surface area contributed by atoms with Crippen LogP contribution in [0.1, 0.15) is 30.6 Å². The minimum Gasteiger partial charge on any atom is -0.396 e. The van der Waals surface area contributed by atoms with Gasteiger partial charge in [0.25, 0.3) is 0 Å². The van der Waals surface area contributed by atoms with Crippen molar-refractivity contribution >= 4 is 16.5 Å². The first kappa shape index (κ1) is 11.8. The first-order valence-electron chi connectivity index (χ1n) is 5.84. The average Bonchev–Trinajstić information content (AvgIpc) is 2.67. The van der Waals surface area contributed by atoms with Crippen molar-refractivity contribution in [1.29, 1.82) is 0 Å². The Morgan fingerprint density at radius 3 is 3.12 bits per heavy atom. The number of hydrogen-bond acceptors (Lipinski definition) is 5. The minimum atomic E-state index is 0.284. The summed E-state index contributed by atoms with van der Waals surface area (Å²) in [5.41, 5.74) is 5.63. The van der Waals surface area contributed by atoms with Crippen molar-refractivity contribution in [3.63, 3.8) is 0 Å². The highest BCUT2D eigenvalue weighted by Gasteiger charge is 2.22. The van der Waals surface area contributed by atoms with E-state index in [1.165, 1.54) is 24.1 Å². The van der Waals surface area contributed by atoms with Crippen molar-refractivity contribution in [2.24, 2.45) is 0 Å². The van der Waals surface area contributed by atoms with Crippen LogP contribution in [0, 0.1) is 0 Å². The van der Waals surface area contributed by atoms with E-state index in [1.54, 1.807) is 11.3 Å². The van der Waals surface area contributed by atoms with E-state index in [0.717, 1.165) is 19.5 Å². The molecular formula is C11H19N3OS. The Balaban J connectivity index is 1.95. The second kappa shape index (κ2) is 5.61. The molecule has 0 amide bonds. The molecule has 0 spiro atoms. The number of nitrogens with zero attached hydrogens (tertiary/aromatic N) is 2. The lowest BCUT2D eigenvalue weighted by Crippen LogP contribution is -2.39. The Hall–Kier alpha value is -0.650. The molecule has 1 aliphatic rings. The number of piperidine rings is 1. The van der Waals surface area contributed by atoms with Crippen LogP contribution in [0.4, 0.5) is 5.13 Å². The Morgan fingerprint density at radius 1 is 1.56 bits per heavy atom. The molecule has 0 radical (unpaired) electrons. The van der Waals surface area contributed by atoms with E-state index in [1.807, 2.05) is 6.20 Å². The van der Waals surface area contributed by atoms with Crippen molar-refractivity contribution in [3.05, 3.63) is 11.1 Å².